The third-order valence-electron chi connectivity index (χ3n) is 4.57. The van der Waals surface area contributed by atoms with Crippen molar-refractivity contribution in [3.05, 3.63) is 24.1 Å². The molecule has 5 aliphatic rings. The maximum atomic E-state index is 13.4. The van der Waals surface area contributed by atoms with Gasteiger partial charge >= 0.3 is 0 Å². The van der Waals surface area contributed by atoms with E-state index in [1.165, 1.54) is 0 Å². The highest BCUT2D eigenvalue weighted by Gasteiger charge is 2.62. The van der Waals surface area contributed by atoms with Crippen LogP contribution < -0.4 is 5.32 Å². The van der Waals surface area contributed by atoms with Crippen LogP contribution in [-0.4, -0.2) is 11.8 Å². The molecule has 4 heteroatoms. The van der Waals surface area contributed by atoms with Crippen molar-refractivity contribution < 1.29 is 14.0 Å². The zero-order valence-corrected chi connectivity index (χ0v) is 8.39. The topological polar surface area (TPSA) is 46.2 Å². The second-order valence-electron chi connectivity index (χ2n) is 5.10. The molecule has 1 heterocycles. The molecule has 2 fully saturated rings. The Labute approximate surface area is 91.4 Å². The van der Waals surface area contributed by atoms with Crippen LogP contribution in [0.5, 0.6) is 0 Å². The molecule has 6 atom stereocenters. The minimum absolute atomic E-state index is 0.0194. The Morgan fingerprint density at radius 3 is 2.25 bits per heavy atom. The van der Waals surface area contributed by atoms with Gasteiger partial charge in [-0.2, -0.15) is 0 Å². The fourth-order valence-electron chi connectivity index (χ4n) is 3.90. The van der Waals surface area contributed by atoms with E-state index in [1.54, 1.807) is 6.08 Å². The molecule has 5 rings (SSSR count). The fraction of sp³-hybridized carbons (Fsp3) is 0.500. The van der Waals surface area contributed by atoms with Gasteiger partial charge in [0.05, 0.1) is 11.8 Å². The molecule has 0 unspecified atom stereocenters. The van der Waals surface area contributed by atoms with E-state index in [0.29, 0.717) is 0 Å². The van der Waals surface area contributed by atoms with Gasteiger partial charge in [-0.3, -0.25) is 14.9 Å². The summed E-state index contributed by atoms with van der Waals surface area (Å²) in [5.41, 5.74) is 0. The van der Waals surface area contributed by atoms with Gasteiger partial charge in [0.1, 0.15) is 5.83 Å². The summed E-state index contributed by atoms with van der Waals surface area (Å²) in [7, 11) is 0. The molecule has 1 saturated carbocycles. The Hall–Kier alpha value is -1.45. The number of carbonyl (C=O) groups excluding carboxylic acids is 2. The zero-order valence-electron chi connectivity index (χ0n) is 8.39. The predicted molar refractivity (Wildman–Crippen MR) is 52.4 cm³/mol. The highest BCUT2D eigenvalue weighted by Crippen LogP contribution is 2.60. The second kappa shape index (κ2) is 2.44. The van der Waals surface area contributed by atoms with Gasteiger partial charge in [-0.05, 0) is 23.8 Å². The molecule has 1 aliphatic heterocycles. The molecule has 16 heavy (non-hydrogen) atoms. The molecule has 2 amide bonds. The van der Waals surface area contributed by atoms with Crippen molar-refractivity contribution in [3.8, 4) is 0 Å². The minimum atomic E-state index is -0.330. The molecule has 0 spiro atoms. The standard InChI is InChI=1S/C12H10FNO2/c13-7-3-6-4-1-2-5(8(6)7)10-9(4)11(15)14-12(10)16/h1-6,8-10H,(H,14,15,16)/t4-,5-,6-,8+,9-,10+/m0/s1. The molecule has 0 aromatic carbocycles. The number of halogens is 1. The molecule has 0 aromatic heterocycles. The van der Waals surface area contributed by atoms with Crippen LogP contribution in [0.2, 0.25) is 0 Å². The summed E-state index contributed by atoms with van der Waals surface area (Å²) < 4.78 is 13.4. The summed E-state index contributed by atoms with van der Waals surface area (Å²) in [5, 5.41) is 2.38. The first kappa shape index (κ1) is 8.67. The van der Waals surface area contributed by atoms with Crippen LogP contribution in [0.3, 0.4) is 0 Å². The molecule has 4 aliphatic carbocycles. The number of hydrogen-bond donors (Lipinski definition) is 1. The first-order chi connectivity index (χ1) is 7.68. The van der Waals surface area contributed by atoms with E-state index >= 15 is 0 Å². The highest BCUT2D eigenvalue weighted by atomic mass is 19.1. The van der Waals surface area contributed by atoms with Crippen molar-refractivity contribution in [2.24, 2.45) is 35.5 Å². The third-order valence-corrected chi connectivity index (χ3v) is 4.57. The van der Waals surface area contributed by atoms with Crippen LogP contribution in [0.1, 0.15) is 0 Å². The van der Waals surface area contributed by atoms with Crippen molar-refractivity contribution in [3.63, 3.8) is 0 Å². The lowest BCUT2D eigenvalue weighted by Gasteiger charge is -2.52. The van der Waals surface area contributed by atoms with Crippen molar-refractivity contribution in [1.82, 2.24) is 5.32 Å². The number of allylic oxidation sites excluding steroid dienone is 4. The van der Waals surface area contributed by atoms with Crippen LogP contribution in [0.4, 0.5) is 4.39 Å². The number of nitrogens with one attached hydrogen (secondary N) is 1. The number of hydrogen-bond acceptors (Lipinski definition) is 2. The van der Waals surface area contributed by atoms with E-state index in [0.717, 1.165) is 0 Å². The van der Waals surface area contributed by atoms with E-state index in [2.05, 4.69) is 5.32 Å². The SMILES string of the molecule is O=C1NC(=O)[C@H]2[C@H]3C=C[C@@H]([C@H]4C(F)=C[C@@H]34)[C@@H]12. The first-order valence-corrected chi connectivity index (χ1v) is 5.59. The molecule has 3 nitrogen and oxygen atoms in total. The average molecular weight is 219 g/mol. The monoisotopic (exact) mass is 219 g/mol. The second-order valence-corrected chi connectivity index (χ2v) is 5.10. The Balaban J connectivity index is 1.86. The van der Waals surface area contributed by atoms with E-state index < -0.39 is 0 Å². The van der Waals surface area contributed by atoms with Crippen molar-refractivity contribution in [2.45, 2.75) is 0 Å². The smallest absolute Gasteiger partial charge is 0.231 e. The predicted octanol–water partition coefficient (Wildman–Crippen LogP) is 0.790. The summed E-state index contributed by atoms with van der Waals surface area (Å²) in [6.45, 7) is 0. The maximum Gasteiger partial charge on any atom is 0.231 e. The van der Waals surface area contributed by atoms with Crippen LogP contribution in [0.25, 0.3) is 0 Å². The van der Waals surface area contributed by atoms with Gasteiger partial charge in [0, 0.05) is 5.92 Å². The highest BCUT2D eigenvalue weighted by molar-refractivity contribution is 6.06. The fourth-order valence-corrected chi connectivity index (χ4v) is 3.90. The molecular weight excluding hydrogens is 209 g/mol. The summed E-state index contributed by atoms with van der Waals surface area (Å²) in [6.07, 6.45) is 5.53. The number of rotatable bonds is 0. The Morgan fingerprint density at radius 1 is 0.938 bits per heavy atom. The lowest BCUT2D eigenvalue weighted by Crippen LogP contribution is -2.52. The zero-order chi connectivity index (χ0) is 11.0. The van der Waals surface area contributed by atoms with Gasteiger partial charge in [0.15, 0.2) is 0 Å². The average Bonchev–Trinajstić information content (AvgIpc) is 2.54. The Kier molecular flexibility index (Phi) is 1.32. The van der Waals surface area contributed by atoms with Gasteiger partial charge in [0.25, 0.3) is 0 Å². The van der Waals surface area contributed by atoms with E-state index in [4.69, 9.17) is 0 Å². The van der Waals surface area contributed by atoms with Crippen LogP contribution in [0.15, 0.2) is 24.1 Å². The number of imide groups is 1. The largest absolute Gasteiger partial charge is 0.296 e. The quantitative estimate of drug-likeness (QED) is 0.483. The van der Waals surface area contributed by atoms with Gasteiger partial charge in [-0.15, -0.1) is 0 Å². The van der Waals surface area contributed by atoms with Gasteiger partial charge < -0.3 is 0 Å². The number of carbonyl (C=O) groups is 2. The van der Waals surface area contributed by atoms with Gasteiger partial charge in [-0.1, -0.05) is 12.2 Å². The van der Waals surface area contributed by atoms with Crippen LogP contribution >= 0.6 is 0 Å². The van der Waals surface area contributed by atoms with E-state index in [9.17, 15) is 14.0 Å². The van der Waals surface area contributed by atoms with E-state index in [-0.39, 0.29) is 53.1 Å². The van der Waals surface area contributed by atoms with Crippen LogP contribution in [-0.2, 0) is 9.59 Å². The molecular formula is C12H10FNO2. The minimum Gasteiger partial charge on any atom is -0.296 e. The summed E-state index contributed by atoms with van der Waals surface area (Å²) >= 11 is 0. The summed E-state index contributed by atoms with van der Waals surface area (Å²) in [5.74, 6) is -1.18. The molecule has 0 aromatic rings. The molecule has 0 radical (unpaired) electrons. The third kappa shape index (κ3) is 0.740. The lowest BCUT2D eigenvalue weighted by molar-refractivity contribution is -0.128. The Bertz CT molecular complexity index is 481. The first-order valence-electron chi connectivity index (χ1n) is 5.59. The summed E-state index contributed by atoms with van der Waals surface area (Å²) in [6, 6.07) is 0. The van der Waals surface area contributed by atoms with E-state index in [1.807, 2.05) is 12.2 Å². The summed E-state index contributed by atoms with van der Waals surface area (Å²) in [4.78, 5) is 23.4. The number of amides is 2. The lowest BCUT2D eigenvalue weighted by atomic mass is 9.50. The van der Waals surface area contributed by atoms with Crippen molar-refractivity contribution in [1.29, 1.82) is 0 Å². The normalized spacial score (nSPS) is 51.7. The molecule has 2 bridgehead atoms. The Morgan fingerprint density at radius 2 is 1.56 bits per heavy atom. The molecule has 1 N–H and O–H groups in total. The molecule has 82 valence electrons. The van der Waals surface area contributed by atoms with Gasteiger partial charge in [0.2, 0.25) is 11.8 Å². The molecule has 1 saturated heterocycles. The van der Waals surface area contributed by atoms with Crippen molar-refractivity contribution in [2.75, 3.05) is 0 Å². The van der Waals surface area contributed by atoms with Crippen LogP contribution in [0, 0.1) is 35.5 Å². The van der Waals surface area contributed by atoms with Crippen molar-refractivity contribution >= 4 is 11.8 Å². The van der Waals surface area contributed by atoms with Gasteiger partial charge in [-0.25, -0.2) is 4.39 Å². The maximum absolute atomic E-state index is 13.4.